The lowest BCUT2D eigenvalue weighted by Gasteiger charge is -2.07. The number of anilines is 1. The second-order valence-corrected chi connectivity index (χ2v) is 4.24. The van der Waals surface area contributed by atoms with Gasteiger partial charge in [0.05, 0.1) is 0 Å². The molecule has 0 spiro atoms. The Bertz CT molecular complexity index is 574. The monoisotopic (exact) mass is 276 g/mol. The molecular formula is C13H13ClN4O. The maximum absolute atomic E-state index is 12.0. The van der Waals surface area contributed by atoms with Crippen LogP contribution in [0.15, 0.2) is 36.7 Å². The first-order valence-electron chi connectivity index (χ1n) is 5.71. The molecule has 2 aromatic rings. The first-order valence-corrected chi connectivity index (χ1v) is 6.09. The molecule has 0 aromatic carbocycles. The highest BCUT2D eigenvalue weighted by Gasteiger charge is 2.08. The predicted molar refractivity (Wildman–Crippen MR) is 74.2 cm³/mol. The van der Waals surface area contributed by atoms with Crippen molar-refractivity contribution in [2.45, 2.75) is 6.54 Å². The summed E-state index contributed by atoms with van der Waals surface area (Å²) in [6, 6.07) is 6.89. The van der Waals surface area contributed by atoms with Crippen LogP contribution in [-0.2, 0) is 6.54 Å². The van der Waals surface area contributed by atoms with E-state index in [0.717, 1.165) is 5.56 Å². The summed E-state index contributed by atoms with van der Waals surface area (Å²) >= 11 is 5.85. The molecule has 2 rings (SSSR count). The molecule has 0 aliphatic rings. The van der Waals surface area contributed by atoms with Crippen LogP contribution in [0.5, 0.6) is 0 Å². The molecule has 19 heavy (non-hydrogen) atoms. The van der Waals surface area contributed by atoms with E-state index in [9.17, 15) is 4.79 Å². The summed E-state index contributed by atoms with van der Waals surface area (Å²) in [7, 11) is 1.72. The summed E-state index contributed by atoms with van der Waals surface area (Å²) in [4.78, 5) is 20.0. The van der Waals surface area contributed by atoms with Gasteiger partial charge in [-0.3, -0.25) is 9.78 Å². The lowest BCUT2D eigenvalue weighted by Crippen LogP contribution is -2.23. The Labute approximate surface area is 116 Å². The molecule has 6 heteroatoms. The van der Waals surface area contributed by atoms with Crippen LogP contribution >= 0.6 is 11.6 Å². The van der Waals surface area contributed by atoms with E-state index < -0.39 is 0 Å². The van der Waals surface area contributed by atoms with E-state index in [0.29, 0.717) is 17.9 Å². The zero-order chi connectivity index (χ0) is 13.7. The van der Waals surface area contributed by atoms with Crippen LogP contribution in [0, 0.1) is 0 Å². The van der Waals surface area contributed by atoms with Gasteiger partial charge in [0.2, 0.25) is 0 Å². The van der Waals surface area contributed by atoms with Crippen molar-refractivity contribution in [1.29, 1.82) is 0 Å². The maximum atomic E-state index is 12.0. The van der Waals surface area contributed by atoms with Gasteiger partial charge in [0.1, 0.15) is 11.0 Å². The van der Waals surface area contributed by atoms with Crippen molar-refractivity contribution in [3.8, 4) is 0 Å². The molecule has 0 unspecified atom stereocenters. The third-order valence-electron chi connectivity index (χ3n) is 2.49. The van der Waals surface area contributed by atoms with Crippen molar-refractivity contribution < 1.29 is 4.79 Å². The number of rotatable bonds is 4. The lowest BCUT2D eigenvalue weighted by molar-refractivity contribution is 0.0951. The number of aromatic nitrogens is 2. The van der Waals surface area contributed by atoms with Gasteiger partial charge in [-0.05, 0) is 23.8 Å². The van der Waals surface area contributed by atoms with Crippen LogP contribution in [0.3, 0.4) is 0 Å². The Balaban J connectivity index is 2.06. The average molecular weight is 277 g/mol. The van der Waals surface area contributed by atoms with E-state index in [4.69, 9.17) is 11.6 Å². The molecule has 5 nitrogen and oxygen atoms in total. The molecule has 0 radical (unpaired) electrons. The second kappa shape index (κ2) is 6.15. The zero-order valence-electron chi connectivity index (χ0n) is 10.4. The van der Waals surface area contributed by atoms with Crippen molar-refractivity contribution in [3.05, 3.63) is 52.9 Å². The lowest BCUT2D eigenvalue weighted by atomic mass is 10.2. The fraction of sp³-hybridized carbons (Fsp3) is 0.154. The molecule has 1 amide bonds. The molecule has 98 valence electrons. The van der Waals surface area contributed by atoms with E-state index in [-0.39, 0.29) is 11.1 Å². The van der Waals surface area contributed by atoms with Crippen LogP contribution in [0.4, 0.5) is 5.82 Å². The molecule has 0 saturated heterocycles. The number of hydrogen-bond acceptors (Lipinski definition) is 4. The second-order valence-electron chi connectivity index (χ2n) is 3.86. The van der Waals surface area contributed by atoms with E-state index >= 15 is 0 Å². The van der Waals surface area contributed by atoms with Crippen LogP contribution in [0.25, 0.3) is 0 Å². The highest BCUT2D eigenvalue weighted by molar-refractivity contribution is 6.29. The number of carbonyl (C=O) groups excluding carboxylic acids is 1. The van der Waals surface area contributed by atoms with Crippen molar-refractivity contribution >= 4 is 23.3 Å². The molecule has 0 aliphatic carbocycles. The number of pyridine rings is 2. The zero-order valence-corrected chi connectivity index (χ0v) is 11.1. The summed E-state index contributed by atoms with van der Waals surface area (Å²) in [5.41, 5.74) is 1.40. The molecular weight excluding hydrogens is 264 g/mol. The van der Waals surface area contributed by atoms with E-state index in [1.807, 2.05) is 12.1 Å². The molecule has 0 fully saturated rings. The fourth-order valence-corrected chi connectivity index (χ4v) is 1.75. The Morgan fingerprint density at radius 3 is 2.95 bits per heavy atom. The van der Waals surface area contributed by atoms with Gasteiger partial charge >= 0.3 is 0 Å². The Morgan fingerprint density at radius 1 is 1.42 bits per heavy atom. The van der Waals surface area contributed by atoms with Gasteiger partial charge in [0.15, 0.2) is 0 Å². The molecule has 2 heterocycles. The minimum atomic E-state index is -0.204. The molecule has 0 bridgehead atoms. The Kier molecular flexibility index (Phi) is 4.30. The fourth-order valence-electron chi connectivity index (χ4n) is 1.54. The third kappa shape index (κ3) is 3.66. The number of carbonyl (C=O) groups is 1. The van der Waals surface area contributed by atoms with Crippen LogP contribution in [0.1, 0.15) is 15.9 Å². The molecule has 2 aromatic heterocycles. The largest absolute Gasteiger partial charge is 0.373 e. The third-order valence-corrected chi connectivity index (χ3v) is 2.68. The number of amides is 1. The number of nitrogens with zero attached hydrogens (tertiary/aromatic N) is 2. The van der Waals surface area contributed by atoms with Crippen LogP contribution in [-0.4, -0.2) is 22.9 Å². The predicted octanol–water partition coefficient (Wildman–Crippen LogP) is 2.10. The van der Waals surface area contributed by atoms with Crippen molar-refractivity contribution in [2.75, 3.05) is 12.4 Å². The summed E-state index contributed by atoms with van der Waals surface area (Å²) in [5.74, 6) is 0.351. The van der Waals surface area contributed by atoms with Gasteiger partial charge < -0.3 is 10.6 Å². The van der Waals surface area contributed by atoms with Crippen LogP contribution < -0.4 is 10.6 Å². The molecule has 0 saturated carbocycles. The Hall–Kier alpha value is -2.14. The van der Waals surface area contributed by atoms with Gasteiger partial charge in [-0.1, -0.05) is 17.7 Å². The van der Waals surface area contributed by atoms with Gasteiger partial charge in [-0.25, -0.2) is 4.98 Å². The summed E-state index contributed by atoms with van der Waals surface area (Å²) < 4.78 is 0. The normalized spacial score (nSPS) is 10.0. The first-order chi connectivity index (χ1) is 9.19. The van der Waals surface area contributed by atoms with Gasteiger partial charge in [-0.15, -0.1) is 0 Å². The number of halogens is 1. The van der Waals surface area contributed by atoms with E-state index in [1.54, 1.807) is 25.5 Å². The molecule has 0 aliphatic heterocycles. The van der Waals surface area contributed by atoms with Gasteiger partial charge in [0.25, 0.3) is 5.91 Å². The maximum Gasteiger partial charge on any atom is 0.251 e. The van der Waals surface area contributed by atoms with E-state index in [1.165, 1.54) is 6.07 Å². The Morgan fingerprint density at radius 2 is 2.26 bits per heavy atom. The minimum Gasteiger partial charge on any atom is -0.373 e. The average Bonchev–Trinajstić information content (AvgIpc) is 2.45. The topological polar surface area (TPSA) is 66.9 Å². The minimum absolute atomic E-state index is 0.204. The van der Waals surface area contributed by atoms with E-state index in [2.05, 4.69) is 20.6 Å². The van der Waals surface area contributed by atoms with Gasteiger partial charge in [-0.2, -0.15) is 0 Å². The molecule has 2 N–H and O–H groups in total. The number of nitrogens with one attached hydrogen (secondary N) is 2. The van der Waals surface area contributed by atoms with Crippen molar-refractivity contribution in [2.24, 2.45) is 0 Å². The smallest absolute Gasteiger partial charge is 0.251 e. The number of hydrogen-bond donors (Lipinski definition) is 2. The van der Waals surface area contributed by atoms with Crippen molar-refractivity contribution in [1.82, 2.24) is 15.3 Å². The highest BCUT2D eigenvalue weighted by Crippen LogP contribution is 2.14. The molecule has 0 atom stereocenters. The SMILES string of the molecule is CNc1cc(C(=O)NCc2cccnc2)cc(Cl)n1. The van der Waals surface area contributed by atoms with Crippen molar-refractivity contribution in [3.63, 3.8) is 0 Å². The van der Waals surface area contributed by atoms with Crippen LogP contribution in [0.2, 0.25) is 5.15 Å². The standard InChI is InChI=1S/C13H13ClN4O/c1-15-12-6-10(5-11(14)18-12)13(19)17-8-9-3-2-4-16-7-9/h2-7H,8H2,1H3,(H,15,18)(H,17,19). The summed E-state index contributed by atoms with van der Waals surface area (Å²) in [5, 5.41) is 5.93. The highest BCUT2D eigenvalue weighted by atomic mass is 35.5. The first kappa shape index (κ1) is 13.3. The van der Waals surface area contributed by atoms with Gasteiger partial charge in [0, 0.05) is 31.5 Å². The summed E-state index contributed by atoms with van der Waals surface area (Å²) in [6.07, 6.45) is 3.39. The quantitative estimate of drug-likeness (QED) is 0.840. The summed E-state index contributed by atoms with van der Waals surface area (Å²) in [6.45, 7) is 0.418.